The smallest absolute Gasteiger partial charge is 0.338 e. The Kier molecular flexibility index (Phi) is 6.54. The first-order chi connectivity index (χ1) is 14.4. The van der Waals surface area contributed by atoms with Gasteiger partial charge >= 0.3 is 5.97 Å². The fraction of sp³-hybridized carbons (Fsp3) is 0.318. The monoisotopic (exact) mass is 404 g/mol. The normalized spacial score (nSPS) is 12.9. The van der Waals surface area contributed by atoms with Gasteiger partial charge in [-0.2, -0.15) is 10.4 Å². The van der Waals surface area contributed by atoms with Crippen LogP contribution in [0.3, 0.4) is 0 Å². The molecule has 1 aromatic heterocycles. The predicted octanol–water partition coefficient (Wildman–Crippen LogP) is 2.88. The van der Waals surface area contributed by atoms with Crippen molar-refractivity contribution in [2.45, 2.75) is 33.8 Å². The summed E-state index contributed by atoms with van der Waals surface area (Å²) in [7, 11) is 0. The van der Waals surface area contributed by atoms with Crippen molar-refractivity contribution >= 4 is 23.2 Å². The quantitative estimate of drug-likeness (QED) is 0.269. The van der Waals surface area contributed by atoms with Crippen molar-refractivity contribution in [2.75, 3.05) is 18.5 Å². The number of fused-ring (bicyclic) bond motifs is 1. The molecule has 3 N–H and O–H groups in total. The van der Waals surface area contributed by atoms with E-state index in [0.29, 0.717) is 48.1 Å². The lowest BCUT2D eigenvalue weighted by atomic mass is 9.97. The summed E-state index contributed by atoms with van der Waals surface area (Å²) < 4.78 is 5.10. The fourth-order valence-corrected chi connectivity index (χ4v) is 3.21. The minimum atomic E-state index is -0.250. The SMILES string of the molecule is CC(=N)/C(CNCCc1ccc2c(c1C)COC2=O)=N\Nc1cc(C)c(C#N)cn1. The van der Waals surface area contributed by atoms with E-state index in [1.165, 1.54) is 11.8 Å². The molecule has 0 fully saturated rings. The Labute approximate surface area is 175 Å². The van der Waals surface area contributed by atoms with Gasteiger partial charge in [-0.1, -0.05) is 6.07 Å². The molecule has 8 heteroatoms. The van der Waals surface area contributed by atoms with Crippen LogP contribution in [0.1, 0.15) is 45.1 Å². The van der Waals surface area contributed by atoms with Crippen LogP contribution < -0.4 is 10.7 Å². The summed E-state index contributed by atoms with van der Waals surface area (Å²) in [6.45, 7) is 7.02. The fourth-order valence-electron chi connectivity index (χ4n) is 3.21. The second-order valence-corrected chi connectivity index (χ2v) is 7.17. The molecule has 0 bridgehead atoms. The summed E-state index contributed by atoms with van der Waals surface area (Å²) in [5, 5.41) is 24.5. The van der Waals surface area contributed by atoms with Gasteiger partial charge in [0.15, 0.2) is 0 Å². The molecule has 3 rings (SSSR count). The number of carbonyl (C=O) groups is 1. The second kappa shape index (κ2) is 9.29. The van der Waals surface area contributed by atoms with E-state index in [-0.39, 0.29) is 5.97 Å². The molecule has 0 spiro atoms. The number of ether oxygens (including phenoxy) is 1. The average molecular weight is 404 g/mol. The summed E-state index contributed by atoms with van der Waals surface area (Å²) in [6.07, 6.45) is 2.29. The maximum Gasteiger partial charge on any atom is 0.338 e. The van der Waals surface area contributed by atoms with Gasteiger partial charge in [-0.25, -0.2) is 9.78 Å². The Morgan fingerprint density at radius 2 is 2.20 bits per heavy atom. The molecule has 2 heterocycles. The highest BCUT2D eigenvalue weighted by Gasteiger charge is 2.23. The summed E-state index contributed by atoms with van der Waals surface area (Å²) >= 11 is 0. The van der Waals surface area contributed by atoms with Gasteiger partial charge in [-0.15, -0.1) is 0 Å². The first kappa shape index (κ1) is 21.1. The van der Waals surface area contributed by atoms with Gasteiger partial charge in [-0.3, -0.25) is 5.43 Å². The number of aryl methyl sites for hydroxylation is 1. The van der Waals surface area contributed by atoms with E-state index in [9.17, 15) is 4.79 Å². The number of cyclic esters (lactones) is 1. The topological polar surface area (TPSA) is 123 Å². The Morgan fingerprint density at radius 1 is 1.40 bits per heavy atom. The molecule has 0 radical (unpaired) electrons. The number of nitrogens with zero attached hydrogens (tertiary/aromatic N) is 3. The maximum atomic E-state index is 11.7. The van der Waals surface area contributed by atoms with Crippen LogP contribution in [-0.4, -0.2) is 35.5 Å². The number of rotatable bonds is 8. The zero-order valence-electron chi connectivity index (χ0n) is 17.3. The van der Waals surface area contributed by atoms with Crippen LogP contribution in [0.4, 0.5) is 5.82 Å². The molecular weight excluding hydrogens is 380 g/mol. The van der Waals surface area contributed by atoms with Gasteiger partial charge in [0.05, 0.1) is 22.6 Å². The van der Waals surface area contributed by atoms with Crippen molar-refractivity contribution in [1.29, 1.82) is 10.7 Å². The van der Waals surface area contributed by atoms with E-state index < -0.39 is 0 Å². The summed E-state index contributed by atoms with van der Waals surface area (Å²) in [6, 6.07) is 7.63. The Morgan fingerprint density at radius 3 is 2.90 bits per heavy atom. The Bertz CT molecular complexity index is 1070. The molecule has 0 saturated carbocycles. The largest absolute Gasteiger partial charge is 0.457 e. The minimum Gasteiger partial charge on any atom is -0.457 e. The number of nitriles is 1. The van der Waals surface area contributed by atoms with Gasteiger partial charge in [0.25, 0.3) is 0 Å². The number of esters is 1. The highest BCUT2D eigenvalue weighted by atomic mass is 16.5. The summed E-state index contributed by atoms with van der Waals surface area (Å²) in [5.41, 5.74) is 9.02. The number of pyridine rings is 1. The van der Waals surface area contributed by atoms with Crippen LogP contribution in [-0.2, 0) is 17.8 Å². The van der Waals surface area contributed by atoms with Crippen LogP contribution >= 0.6 is 0 Å². The number of nitrogens with one attached hydrogen (secondary N) is 3. The molecule has 1 aliphatic heterocycles. The molecule has 2 aromatic rings. The molecule has 1 aromatic carbocycles. The van der Waals surface area contributed by atoms with E-state index in [1.54, 1.807) is 13.0 Å². The standard InChI is InChI=1S/C22H24N6O2/c1-13-8-21(26-10-17(13)9-23)28-27-20(15(3)24)11-25-7-6-16-4-5-18-19(14(16)2)12-30-22(18)29/h4-5,8,10,24-25H,6-7,11-12H2,1-3H3,(H,26,28)/b24-15?,27-20-. The van der Waals surface area contributed by atoms with Crippen molar-refractivity contribution in [3.63, 3.8) is 0 Å². The second-order valence-electron chi connectivity index (χ2n) is 7.17. The number of hydrogen-bond acceptors (Lipinski definition) is 8. The summed E-state index contributed by atoms with van der Waals surface area (Å²) in [5.74, 6) is 0.273. The molecule has 8 nitrogen and oxygen atoms in total. The first-order valence-electron chi connectivity index (χ1n) is 9.64. The molecule has 0 unspecified atom stereocenters. The third-order valence-electron chi connectivity index (χ3n) is 5.11. The van der Waals surface area contributed by atoms with Crippen LogP contribution in [0.2, 0.25) is 0 Å². The average Bonchev–Trinajstić information content (AvgIpc) is 3.10. The van der Waals surface area contributed by atoms with E-state index in [1.807, 2.05) is 26.0 Å². The van der Waals surface area contributed by atoms with Gasteiger partial charge in [-0.05, 0) is 62.6 Å². The van der Waals surface area contributed by atoms with Crippen LogP contribution in [0.15, 0.2) is 29.5 Å². The lowest BCUT2D eigenvalue weighted by Gasteiger charge is -2.11. The molecule has 0 amide bonds. The van der Waals surface area contributed by atoms with Crippen molar-refractivity contribution < 1.29 is 9.53 Å². The van der Waals surface area contributed by atoms with Gasteiger partial charge in [0, 0.05) is 18.3 Å². The lowest BCUT2D eigenvalue weighted by Crippen LogP contribution is -2.29. The highest BCUT2D eigenvalue weighted by molar-refractivity contribution is 6.41. The molecular formula is C22H24N6O2. The van der Waals surface area contributed by atoms with Crippen molar-refractivity contribution in [3.8, 4) is 6.07 Å². The number of anilines is 1. The molecule has 154 valence electrons. The highest BCUT2D eigenvalue weighted by Crippen LogP contribution is 2.25. The predicted molar refractivity (Wildman–Crippen MR) is 115 cm³/mol. The number of benzene rings is 1. The van der Waals surface area contributed by atoms with E-state index in [2.05, 4.69) is 26.9 Å². The van der Waals surface area contributed by atoms with Crippen molar-refractivity contribution in [2.24, 2.45) is 5.10 Å². The molecule has 0 aliphatic carbocycles. The number of hydrazone groups is 1. The molecule has 0 saturated heterocycles. The van der Waals surface area contributed by atoms with Gasteiger partial charge in [0.1, 0.15) is 18.5 Å². The number of carbonyl (C=O) groups excluding carboxylic acids is 1. The Hall–Kier alpha value is -3.57. The third kappa shape index (κ3) is 4.70. The van der Waals surface area contributed by atoms with Gasteiger partial charge in [0.2, 0.25) is 0 Å². The zero-order valence-corrected chi connectivity index (χ0v) is 17.3. The van der Waals surface area contributed by atoms with Crippen LogP contribution in [0.25, 0.3) is 0 Å². The molecule has 30 heavy (non-hydrogen) atoms. The Balaban J connectivity index is 1.56. The van der Waals surface area contributed by atoms with Crippen LogP contribution in [0.5, 0.6) is 0 Å². The van der Waals surface area contributed by atoms with Gasteiger partial charge < -0.3 is 15.5 Å². The van der Waals surface area contributed by atoms with Crippen LogP contribution in [0, 0.1) is 30.6 Å². The number of aromatic nitrogens is 1. The van der Waals surface area contributed by atoms with Crippen molar-refractivity contribution in [3.05, 3.63) is 57.8 Å². The first-order valence-corrected chi connectivity index (χ1v) is 9.64. The number of hydrogen-bond donors (Lipinski definition) is 3. The summed E-state index contributed by atoms with van der Waals surface area (Å²) in [4.78, 5) is 15.8. The minimum absolute atomic E-state index is 0.250. The molecule has 0 atom stereocenters. The molecule has 1 aliphatic rings. The lowest BCUT2D eigenvalue weighted by molar-refractivity contribution is 0.0535. The maximum absolute atomic E-state index is 11.7. The van der Waals surface area contributed by atoms with E-state index >= 15 is 0 Å². The van der Waals surface area contributed by atoms with E-state index in [4.69, 9.17) is 15.4 Å². The van der Waals surface area contributed by atoms with Crippen molar-refractivity contribution in [1.82, 2.24) is 10.3 Å². The zero-order chi connectivity index (χ0) is 21.7. The third-order valence-corrected chi connectivity index (χ3v) is 5.11. The van der Waals surface area contributed by atoms with E-state index in [0.717, 1.165) is 23.1 Å².